The van der Waals surface area contributed by atoms with Gasteiger partial charge in [-0.2, -0.15) is 0 Å². The second kappa shape index (κ2) is 8.85. The summed E-state index contributed by atoms with van der Waals surface area (Å²) in [4.78, 5) is 36.2. The second-order valence-corrected chi connectivity index (χ2v) is 8.23. The predicted octanol–water partition coefficient (Wildman–Crippen LogP) is 2.97. The molecule has 1 aliphatic rings. The van der Waals surface area contributed by atoms with Crippen LogP contribution in [0.1, 0.15) is 47.7 Å². The molecule has 0 saturated carbocycles. The maximum Gasteiger partial charge on any atom is 0.217 e. The summed E-state index contributed by atoms with van der Waals surface area (Å²) < 4.78 is 5.99. The molecule has 0 spiro atoms. The van der Waals surface area contributed by atoms with Gasteiger partial charge in [0.1, 0.15) is 17.8 Å². The van der Waals surface area contributed by atoms with Crippen LogP contribution in [0.15, 0.2) is 36.8 Å². The van der Waals surface area contributed by atoms with Gasteiger partial charge in [0.2, 0.25) is 5.91 Å². The van der Waals surface area contributed by atoms with Crippen molar-refractivity contribution in [1.82, 2.24) is 15.0 Å². The normalized spacial score (nSPS) is 19.8. The zero-order valence-corrected chi connectivity index (χ0v) is 17.7. The molecule has 1 aromatic carbocycles. The van der Waals surface area contributed by atoms with Crippen LogP contribution in [0.5, 0.6) is 0 Å². The van der Waals surface area contributed by atoms with E-state index in [1.165, 1.54) is 6.33 Å². The highest BCUT2D eigenvalue weighted by atomic mass is 16.5. The number of nitrogens with one attached hydrogen (secondary N) is 2. The number of hydrogen-bond acceptors (Lipinski definition) is 6. The summed E-state index contributed by atoms with van der Waals surface area (Å²) in [6, 6.07) is 7.58. The molecule has 31 heavy (non-hydrogen) atoms. The first-order valence-corrected chi connectivity index (χ1v) is 10.5. The Bertz CT molecular complexity index is 1100. The number of aromatic nitrogens is 3. The van der Waals surface area contributed by atoms with Gasteiger partial charge in [0.05, 0.1) is 29.7 Å². The fraction of sp³-hybridized carbons (Fsp3) is 0.391. The number of H-pyrrole nitrogens is 1. The molecule has 3 heterocycles. The molecular formula is C23H27N5O3. The van der Waals surface area contributed by atoms with Crippen molar-refractivity contribution in [1.29, 1.82) is 0 Å². The van der Waals surface area contributed by atoms with E-state index in [-0.39, 0.29) is 29.8 Å². The Kier molecular flexibility index (Phi) is 5.99. The van der Waals surface area contributed by atoms with E-state index in [1.807, 2.05) is 38.1 Å². The van der Waals surface area contributed by atoms with E-state index in [1.54, 1.807) is 6.20 Å². The third kappa shape index (κ3) is 4.44. The Hall–Kier alpha value is -3.26. The van der Waals surface area contributed by atoms with Crippen LogP contribution in [0.2, 0.25) is 0 Å². The second-order valence-electron chi connectivity index (χ2n) is 8.23. The van der Waals surface area contributed by atoms with Gasteiger partial charge in [-0.1, -0.05) is 31.2 Å². The molecule has 8 heteroatoms. The first-order chi connectivity index (χ1) is 14.9. The first kappa shape index (κ1) is 21.0. The number of benzene rings is 1. The number of aromatic amines is 1. The Labute approximate surface area is 180 Å². The van der Waals surface area contributed by atoms with E-state index >= 15 is 0 Å². The van der Waals surface area contributed by atoms with Gasteiger partial charge >= 0.3 is 0 Å². The van der Waals surface area contributed by atoms with Gasteiger partial charge in [-0.15, -0.1) is 0 Å². The fourth-order valence-electron chi connectivity index (χ4n) is 4.20. The van der Waals surface area contributed by atoms with E-state index in [2.05, 4.69) is 20.3 Å². The SMILES string of the molecule is Cc1ccccc1C(=O)c1c[nH]c2ncnc(N[C@@H]3CC[C@@H]([C@@H](C)CC(N)=O)OC3)c12. The van der Waals surface area contributed by atoms with E-state index < -0.39 is 0 Å². The topological polar surface area (TPSA) is 123 Å². The molecule has 3 atom stereocenters. The third-order valence-electron chi connectivity index (χ3n) is 5.91. The highest BCUT2D eigenvalue weighted by Crippen LogP contribution is 2.29. The molecule has 1 fully saturated rings. The molecule has 0 bridgehead atoms. The van der Waals surface area contributed by atoms with Crippen LogP contribution < -0.4 is 11.1 Å². The van der Waals surface area contributed by atoms with Gasteiger partial charge in [-0.05, 0) is 31.2 Å². The number of ether oxygens (including phenoxy) is 1. The van der Waals surface area contributed by atoms with Gasteiger partial charge in [0, 0.05) is 18.2 Å². The van der Waals surface area contributed by atoms with Crippen LogP contribution in [0.3, 0.4) is 0 Å². The summed E-state index contributed by atoms with van der Waals surface area (Å²) in [7, 11) is 0. The molecule has 2 aromatic heterocycles. The summed E-state index contributed by atoms with van der Waals surface area (Å²) in [5, 5.41) is 4.11. The monoisotopic (exact) mass is 421 g/mol. The van der Waals surface area contributed by atoms with Crippen molar-refractivity contribution in [2.75, 3.05) is 11.9 Å². The van der Waals surface area contributed by atoms with Crippen LogP contribution in [-0.2, 0) is 9.53 Å². The number of nitrogens with zero attached hydrogens (tertiary/aromatic N) is 2. The predicted molar refractivity (Wildman–Crippen MR) is 118 cm³/mol. The molecule has 4 rings (SSSR count). The quantitative estimate of drug-likeness (QED) is 0.504. The lowest BCUT2D eigenvalue weighted by Crippen LogP contribution is -2.38. The van der Waals surface area contributed by atoms with Gasteiger partial charge in [0.15, 0.2) is 5.78 Å². The number of rotatable bonds is 7. The number of carbonyl (C=O) groups excluding carboxylic acids is 2. The maximum atomic E-state index is 13.2. The highest BCUT2D eigenvalue weighted by Gasteiger charge is 2.28. The van der Waals surface area contributed by atoms with Crippen molar-refractivity contribution in [3.63, 3.8) is 0 Å². The number of ketones is 1. The Morgan fingerprint density at radius 1 is 1.26 bits per heavy atom. The number of hydrogen-bond donors (Lipinski definition) is 3. The fourth-order valence-corrected chi connectivity index (χ4v) is 4.20. The minimum atomic E-state index is -0.307. The van der Waals surface area contributed by atoms with Gasteiger partial charge < -0.3 is 20.8 Å². The standard InChI is InChI=1S/C23H27N5O3/c1-13-5-3-4-6-16(13)21(30)17-10-25-22-20(17)23(27-12-26-22)28-15-7-8-18(31-11-15)14(2)9-19(24)29/h3-6,10,12,14-15,18H,7-9,11H2,1-2H3,(H2,24,29)(H2,25,26,27,28)/t14-,15+,18-/m0/s1. The number of primary amides is 1. The minimum absolute atomic E-state index is 0.0152. The molecule has 0 radical (unpaired) electrons. The minimum Gasteiger partial charge on any atom is -0.376 e. The van der Waals surface area contributed by atoms with Crippen LogP contribution in [0.25, 0.3) is 11.0 Å². The van der Waals surface area contributed by atoms with Crippen LogP contribution >= 0.6 is 0 Å². The number of nitrogens with two attached hydrogens (primary N) is 1. The first-order valence-electron chi connectivity index (χ1n) is 10.5. The lowest BCUT2D eigenvalue weighted by atomic mass is 9.93. The smallest absolute Gasteiger partial charge is 0.217 e. The largest absolute Gasteiger partial charge is 0.376 e. The Morgan fingerprint density at radius 3 is 2.77 bits per heavy atom. The zero-order valence-electron chi connectivity index (χ0n) is 17.7. The molecule has 4 N–H and O–H groups in total. The number of fused-ring (bicyclic) bond motifs is 1. The molecule has 0 aliphatic carbocycles. The van der Waals surface area contributed by atoms with Crippen molar-refractivity contribution in [2.24, 2.45) is 11.7 Å². The lowest BCUT2D eigenvalue weighted by Gasteiger charge is -2.33. The summed E-state index contributed by atoms with van der Waals surface area (Å²) >= 11 is 0. The van der Waals surface area contributed by atoms with Gasteiger partial charge in [-0.25, -0.2) is 9.97 Å². The zero-order chi connectivity index (χ0) is 22.0. The van der Waals surface area contributed by atoms with Crippen molar-refractivity contribution in [2.45, 2.75) is 45.3 Å². The van der Waals surface area contributed by atoms with E-state index in [0.29, 0.717) is 41.0 Å². The average molecular weight is 422 g/mol. The average Bonchev–Trinajstić information content (AvgIpc) is 3.19. The summed E-state index contributed by atoms with van der Waals surface area (Å²) in [6.45, 7) is 4.40. The number of amides is 1. The molecule has 1 amide bonds. The molecule has 8 nitrogen and oxygen atoms in total. The summed E-state index contributed by atoms with van der Waals surface area (Å²) in [5.74, 6) is 0.327. The highest BCUT2D eigenvalue weighted by molar-refractivity contribution is 6.18. The Balaban J connectivity index is 1.53. The maximum absolute atomic E-state index is 13.2. The molecule has 3 aromatic rings. The van der Waals surface area contributed by atoms with Crippen molar-refractivity contribution >= 4 is 28.5 Å². The molecular weight excluding hydrogens is 394 g/mol. The van der Waals surface area contributed by atoms with Crippen molar-refractivity contribution in [3.05, 3.63) is 53.5 Å². The van der Waals surface area contributed by atoms with Crippen molar-refractivity contribution < 1.29 is 14.3 Å². The van der Waals surface area contributed by atoms with E-state index in [0.717, 1.165) is 18.4 Å². The molecule has 0 unspecified atom stereocenters. The number of anilines is 1. The molecule has 162 valence electrons. The van der Waals surface area contributed by atoms with Crippen LogP contribution in [0.4, 0.5) is 5.82 Å². The summed E-state index contributed by atoms with van der Waals surface area (Å²) in [6.07, 6.45) is 5.19. The third-order valence-corrected chi connectivity index (χ3v) is 5.91. The number of carbonyl (C=O) groups is 2. The Morgan fingerprint density at radius 2 is 2.06 bits per heavy atom. The summed E-state index contributed by atoms with van der Waals surface area (Å²) in [5.41, 5.74) is 8.04. The van der Waals surface area contributed by atoms with Crippen LogP contribution in [-0.4, -0.2) is 45.4 Å². The molecule has 1 saturated heterocycles. The van der Waals surface area contributed by atoms with Gasteiger partial charge in [-0.3, -0.25) is 9.59 Å². The van der Waals surface area contributed by atoms with E-state index in [4.69, 9.17) is 10.5 Å². The lowest BCUT2D eigenvalue weighted by molar-refractivity contribution is -0.120. The molecule has 1 aliphatic heterocycles. The van der Waals surface area contributed by atoms with E-state index in [9.17, 15) is 9.59 Å². The number of aryl methyl sites for hydroxylation is 1. The van der Waals surface area contributed by atoms with Crippen LogP contribution in [0, 0.1) is 12.8 Å². The van der Waals surface area contributed by atoms with Gasteiger partial charge in [0.25, 0.3) is 0 Å². The van der Waals surface area contributed by atoms with Crippen molar-refractivity contribution in [3.8, 4) is 0 Å².